The van der Waals surface area contributed by atoms with Crippen LogP contribution in [0.3, 0.4) is 0 Å². The van der Waals surface area contributed by atoms with Crippen molar-refractivity contribution in [3.8, 4) is 0 Å². The summed E-state index contributed by atoms with van der Waals surface area (Å²) >= 11 is 3.38. The van der Waals surface area contributed by atoms with Crippen molar-refractivity contribution in [2.24, 2.45) is 0 Å². The van der Waals surface area contributed by atoms with Crippen LogP contribution in [0.2, 0.25) is 0 Å². The second kappa shape index (κ2) is 8.48. The van der Waals surface area contributed by atoms with Gasteiger partial charge in [0.2, 0.25) is 15.9 Å². The quantitative estimate of drug-likeness (QED) is 0.650. The molecule has 1 heterocycles. The third kappa shape index (κ3) is 5.86. The highest BCUT2D eigenvalue weighted by Gasteiger charge is 2.21. The third-order valence-corrected chi connectivity index (χ3v) is 5.62. The largest absolute Gasteiger partial charge is 0.354 e. The minimum atomic E-state index is -3.56. The number of aryl methyl sites for hydroxylation is 2. The normalized spacial score (nSPS) is 11.3. The summed E-state index contributed by atoms with van der Waals surface area (Å²) in [4.78, 5) is 16.1. The number of benzene rings is 1. The van der Waals surface area contributed by atoms with Gasteiger partial charge in [-0.25, -0.2) is 13.4 Å². The molecule has 0 saturated carbocycles. The summed E-state index contributed by atoms with van der Waals surface area (Å²) in [5, 5.41) is 2.76. The van der Waals surface area contributed by atoms with E-state index in [1.54, 1.807) is 30.7 Å². The molecule has 1 N–H and O–H groups in total. The Morgan fingerprint density at radius 3 is 2.76 bits per heavy atom. The smallest absolute Gasteiger partial charge is 0.240 e. The molecule has 0 atom stereocenters. The lowest BCUT2D eigenvalue weighted by molar-refractivity contribution is -0.119. The number of rotatable bonds is 8. The summed E-state index contributed by atoms with van der Waals surface area (Å²) in [6, 6.07) is 5.17. The number of carbonyl (C=O) groups excluding carboxylic acids is 1. The minimum absolute atomic E-state index is 0.245. The van der Waals surface area contributed by atoms with E-state index in [0.717, 1.165) is 33.6 Å². The van der Waals surface area contributed by atoms with Crippen LogP contribution in [0.25, 0.3) is 0 Å². The number of sulfonamides is 1. The Kier molecular flexibility index (Phi) is 6.60. The average Bonchev–Trinajstić information content (AvgIpc) is 3.04. The van der Waals surface area contributed by atoms with Gasteiger partial charge in [0.1, 0.15) is 6.54 Å². The highest BCUT2D eigenvalue weighted by molar-refractivity contribution is 9.10. The lowest BCUT2D eigenvalue weighted by Gasteiger charge is -2.22. The molecule has 0 aliphatic carbocycles. The van der Waals surface area contributed by atoms with Gasteiger partial charge in [0.15, 0.2) is 0 Å². The summed E-state index contributed by atoms with van der Waals surface area (Å²) in [7, 11) is -3.56. The Balaban J connectivity index is 1.94. The Bertz CT molecular complexity index is 822. The van der Waals surface area contributed by atoms with Crippen LogP contribution in [0.15, 0.2) is 41.4 Å². The number of hydrogen-bond acceptors (Lipinski definition) is 4. The molecule has 1 aromatic heterocycles. The zero-order valence-electron chi connectivity index (χ0n) is 14.1. The molecule has 2 aromatic rings. The van der Waals surface area contributed by atoms with Gasteiger partial charge >= 0.3 is 0 Å². The molecule has 0 radical (unpaired) electrons. The van der Waals surface area contributed by atoms with Crippen molar-refractivity contribution < 1.29 is 13.2 Å². The average molecular weight is 429 g/mol. The standard InChI is InChI=1S/C16H21BrN4O3S/c1-13-10-14(4-5-15(13)17)21(25(2,23)24)11-16(22)19-6-3-8-20-9-7-18-12-20/h4-5,7,9-10,12H,3,6,8,11H2,1-2H3,(H,19,22). The predicted molar refractivity (Wildman–Crippen MR) is 101 cm³/mol. The van der Waals surface area contributed by atoms with Crippen LogP contribution >= 0.6 is 15.9 Å². The van der Waals surface area contributed by atoms with E-state index >= 15 is 0 Å². The van der Waals surface area contributed by atoms with Crippen molar-refractivity contribution in [3.05, 3.63) is 47.0 Å². The van der Waals surface area contributed by atoms with Crippen LogP contribution in [-0.2, 0) is 21.4 Å². The third-order valence-electron chi connectivity index (χ3n) is 3.59. The van der Waals surface area contributed by atoms with Gasteiger partial charge in [-0.3, -0.25) is 9.10 Å². The number of halogens is 1. The molecular formula is C16H21BrN4O3S. The fourth-order valence-electron chi connectivity index (χ4n) is 2.28. The van der Waals surface area contributed by atoms with Crippen LogP contribution in [0, 0.1) is 6.92 Å². The topological polar surface area (TPSA) is 84.3 Å². The first-order valence-electron chi connectivity index (χ1n) is 7.73. The van der Waals surface area contributed by atoms with Crippen molar-refractivity contribution >= 4 is 37.5 Å². The number of anilines is 1. The highest BCUT2D eigenvalue weighted by Crippen LogP contribution is 2.24. The van der Waals surface area contributed by atoms with E-state index < -0.39 is 10.0 Å². The maximum Gasteiger partial charge on any atom is 0.240 e. The molecular weight excluding hydrogens is 408 g/mol. The van der Waals surface area contributed by atoms with Gasteiger partial charge in [-0.2, -0.15) is 0 Å². The number of amides is 1. The van der Waals surface area contributed by atoms with Gasteiger partial charge in [-0.15, -0.1) is 0 Å². The molecule has 0 fully saturated rings. The Morgan fingerprint density at radius 1 is 1.40 bits per heavy atom. The maximum atomic E-state index is 12.1. The van der Waals surface area contributed by atoms with Gasteiger partial charge in [0.05, 0.1) is 18.3 Å². The van der Waals surface area contributed by atoms with Crippen molar-refractivity contribution in [2.75, 3.05) is 23.7 Å². The van der Waals surface area contributed by atoms with E-state index in [0.29, 0.717) is 12.2 Å². The fraction of sp³-hybridized carbons (Fsp3) is 0.375. The first-order chi connectivity index (χ1) is 11.8. The molecule has 1 amide bonds. The molecule has 136 valence electrons. The Hall–Kier alpha value is -1.87. The maximum absolute atomic E-state index is 12.1. The molecule has 0 saturated heterocycles. The van der Waals surface area contributed by atoms with Gasteiger partial charge in [-0.05, 0) is 37.1 Å². The predicted octanol–water partition coefficient (Wildman–Crippen LogP) is 1.93. The zero-order valence-corrected chi connectivity index (χ0v) is 16.5. The molecule has 0 unspecified atom stereocenters. The number of imidazole rings is 1. The van der Waals surface area contributed by atoms with E-state index in [1.165, 1.54) is 0 Å². The molecule has 0 aliphatic rings. The number of aromatic nitrogens is 2. The minimum Gasteiger partial charge on any atom is -0.354 e. The fourth-order valence-corrected chi connectivity index (χ4v) is 3.37. The van der Waals surface area contributed by atoms with Crippen LogP contribution in [-0.4, -0.2) is 43.2 Å². The van der Waals surface area contributed by atoms with E-state index in [1.807, 2.05) is 17.7 Å². The van der Waals surface area contributed by atoms with Crippen molar-refractivity contribution in [3.63, 3.8) is 0 Å². The molecule has 25 heavy (non-hydrogen) atoms. The summed E-state index contributed by atoms with van der Waals surface area (Å²) in [5.41, 5.74) is 1.36. The molecule has 9 heteroatoms. The molecule has 0 spiro atoms. The number of carbonyl (C=O) groups is 1. The number of hydrogen-bond donors (Lipinski definition) is 1. The zero-order chi connectivity index (χ0) is 18.4. The first-order valence-corrected chi connectivity index (χ1v) is 10.4. The summed E-state index contributed by atoms with van der Waals surface area (Å²) < 4.78 is 28.1. The molecule has 7 nitrogen and oxygen atoms in total. The SMILES string of the molecule is Cc1cc(N(CC(=O)NCCCn2ccnc2)S(C)(=O)=O)ccc1Br. The lowest BCUT2D eigenvalue weighted by atomic mass is 10.2. The Labute approximate surface area is 156 Å². The van der Waals surface area contributed by atoms with E-state index in [9.17, 15) is 13.2 Å². The first kappa shape index (κ1) is 19.5. The van der Waals surface area contributed by atoms with Gasteiger partial charge in [0.25, 0.3) is 0 Å². The van der Waals surface area contributed by atoms with Crippen LogP contribution < -0.4 is 9.62 Å². The highest BCUT2D eigenvalue weighted by atomic mass is 79.9. The molecule has 0 bridgehead atoms. The van der Waals surface area contributed by atoms with E-state index in [4.69, 9.17) is 0 Å². The van der Waals surface area contributed by atoms with Crippen LogP contribution in [0.1, 0.15) is 12.0 Å². The summed E-state index contributed by atoms with van der Waals surface area (Å²) in [6.45, 7) is 2.82. The second-order valence-corrected chi connectivity index (χ2v) is 8.47. The van der Waals surface area contributed by atoms with Crippen molar-refractivity contribution in [1.82, 2.24) is 14.9 Å². The summed E-state index contributed by atoms with van der Waals surface area (Å²) in [5.74, 6) is -0.336. The van der Waals surface area contributed by atoms with Gasteiger partial charge in [-0.1, -0.05) is 15.9 Å². The molecule has 0 aliphatic heterocycles. The Morgan fingerprint density at radius 2 is 2.16 bits per heavy atom. The number of nitrogens with one attached hydrogen (secondary N) is 1. The lowest BCUT2D eigenvalue weighted by Crippen LogP contribution is -2.40. The van der Waals surface area contributed by atoms with E-state index in [-0.39, 0.29) is 12.5 Å². The van der Waals surface area contributed by atoms with Crippen molar-refractivity contribution in [1.29, 1.82) is 0 Å². The van der Waals surface area contributed by atoms with Crippen molar-refractivity contribution in [2.45, 2.75) is 19.9 Å². The van der Waals surface area contributed by atoms with Crippen LogP contribution in [0.5, 0.6) is 0 Å². The van der Waals surface area contributed by atoms with Crippen LogP contribution in [0.4, 0.5) is 5.69 Å². The van der Waals surface area contributed by atoms with Gasteiger partial charge in [0, 0.05) is 30.0 Å². The molecule has 2 rings (SSSR count). The van der Waals surface area contributed by atoms with Gasteiger partial charge < -0.3 is 9.88 Å². The second-order valence-electron chi connectivity index (χ2n) is 5.71. The van der Waals surface area contributed by atoms with E-state index in [2.05, 4.69) is 26.2 Å². The summed E-state index contributed by atoms with van der Waals surface area (Å²) in [6.07, 6.45) is 7.09. The monoisotopic (exact) mass is 428 g/mol. The number of nitrogens with zero attached hydrogens (tertiary/aromatic N) is 3. The molecule has 1 aromatic carbocycles.